The summed E-state index contributed by atoms with van der Waals surface area (Å²) in [4.78, 5) is 22.6. The standard InChI is InChI=1S/C17H14O5/c18-9-5-6-11-10-3-1-2-4-12(10)16(13(11)7-9)14(17(21)22)8-15(19)20/h1-7,14,16,18H,8H2,(H,19,20)(H,21,22). The van der Waals surface area contributed by atoms with Crippen LogP contribution in [0.15, 0.2) is 42.5 Å². The molecule has 1 aliphatic rings. The van der Waals surface area contributed by atoms with Crippen LogP contribution in [0.25, 0.3) is 11.1 Å². The van der Waals surface area contributed by atoms with Crippen LogP contribution in [-0.2, 0) is 9.59 Å². The molecule has 5 nitrogen and oxygen atoms in total. The van der Waals surface area contributed by atoms with Crippen molar-refractivity contribution in [3.05, 3.63) is 53.6 Å². The fourth-order valence-corrected chi connectivity index (χ4v) is 3.20. The van der Waals surface area contributed by atoms with E-state index in [1.54, 1.807) is 18.2 Å². The number of benzene rings is 2. The number of phenolic OH excluding ortho intramolecular Hbond substituents is 1. The molecule has 1 aliphatic carbocycles. The monoisotopic (exact) mass is 298 g/mol. The zero-order valence-electron chi connectivity index (χ0n) is 11.6. The molecule has 112 valence electrons. The lowest BCUT2D eigenvalue weighted by Gasteiger charge is -2.20. The minimum absolute atomic E-state index is 0.0380. The number of hydrogen-bond acceptors (Lipinski definition) is 3. The van der Waals surface area contributed by atoms with Gasteiger partial charge in [0.1, 0.15) is 5.75 Å². The van der Waals surface area contributed by atoms with Crippen LogP contribution in [0.2, 0.25) is 0 Å². The number of carboxylic acid groups (broad SMARTS) is 2. The van der Waals surface area contributed by atoms with E-state index >= 15 is 0 Å². The van der Waals surface area contributed by atoms with E-state index in [-0.39, 0.29) is 5.75 Å². The third kappa shape index (κ3) is 2.20. The average molecular weight is 298 g/mol. The highest BCUT2D eigenvalue weighted by molar-refractivity contribution is 5.85. The first-order chi connectivity index (χ1) is 10.5. The van der Waals surface area contributed by atoms with Crippen LogP contribution in [0.4, 0.5) is 0 Å². The number of aromatic hydroxyl groups is 1. The number of aliphatic carboxylic acids is 2. The van der Waals surface area contributed by atoms with E-state index in [4.69, 9.17) is 5.11 Å². The quantitative estimate of drug-likeness (QED) is 0.806. The smallest absolute Gasteiger partial charge is 0.308 e. The van der Waals surface area contributed by atoms with Gasteiger partial charge in [0, 0.05) is 5.92 Å². The van der Waals surface area contributed by atoms with Crippen molar-refractivity contribution in [3.8, 4) is 16.9 Å². The van der Waals surface area contributed by atoms with Gasteiger partial charge in [-0.1, -0.05) is 30.3 Å². The van der Waals surface area contributed by atoms with Crippen LogP contribution in [0, 0.1) is 5.92 Å². The summed E-state index contributed by atoms with van der Waals surface area (Å²) in [5, 5.41) is 28.2. The topological polar surface area (TPSA) is 94.8 Å². The molecule has 0 aliphatic heterocycles. The van der Waals surface area contributed by atoms with Gasteiger partial charge in [-0.05, 0) is 34.4 Å². The number of fused-ring (bicyclic) bond motifs is 3. The molecular weight excluding hydrogens is 284 g/mol. The minimum Gasteiger partial charge on any atom is -0.508 e. The molecule has 0 spiro atoms. The van der Waals surface area contributed by atoms with Crippen molar-refractivity contribution in [1.29, 1.82) is 0 Å². The van der Waals surface area contributed by atoms with Gasteiger partial charge in [-0.3, -0.25) is 9.59 Å². The Morgan fingerprint density at radius 3 is 2.36 bits per heavy atom. The van der Waals surface area contributed by atoms with Crippen molar-refractivity contribution >= 4 is 11.9 Å². The molecule has 0 amide bonds. The highest BCUT2D eigenvalue weighted by atomic mass is 16.4. The maximum atomic E-state index is 11.6. The second kappa shape index (κ2) is 5.18. The molecule has 2 atom stereocenters. The summed E-state index contributed by atoms with van der Waals surface area (Å²) < 4.78 is 0. The second-order valence-electron chi connectivity index (χ2n) is 5.38. The second-order valence-corrected chi connectivity index (χ2v) is 5.38. The summed E-state index contributed by atoms with van der Waals surface area (Å²) in [7, 11) is 0. The molecule has 0 saturated carbocycles. The van der Waals surface area contributed by atoms with Gasteiger partial charge in [-0.2, -0.15) is 0 Å². The normalized spacial score (nSPS) is 16.6. The van der Waals surface area contributed by atoms with Crippen LogP contribution in [0.3, 0.4) is 0 Å². The molecule has 0 heterocycles. The van der Waals surface area contributed by atoms with Crippen molar-refractivity contribution in [2.75, 3.05) is 0 Å². The maximum Gasteiger partial charge on any atom is 0.308 e. The van der Waals surface area contributed by atoms with E-state index in [1.807, 2.05) is 18.2 Å². The fourth-order valence-electron chi connectivity index (χ4n) is 3.20. The summed E-state index contributed by atoms with van der Waals surface area (Å²) in [5.74, 6) is -3.93. The largest absolute Gasteiger partial charge is 0.508 e. The van der Waals surface area contributed by atoms with E-state index in [0.717, 1.165) is 16.7 Å². The molecule has 0 aromatic heterocycles. The van der Waals surface area contributed by atoms with Gasteiger partial charge in [0.2, 0.25) is 0 Å². The van der Waals surface area contributed by atoms with Gasteiger partial charge in [-0.25, -0.2) is 0 Å². The van der Waals surface area contributed by atoms with Gasteiger partial charge in [-0.15, -0.1) is 0 Å². The van der Waals surface area contributed by atoms with E-state index in [9.17, 15) is 19.8 Å². The molecule has 22 heavy (non-hydrogen) atoms. The van der Waals surface area contributed by atoms with Crippen molar-refractivity contribution in [1.82, 2.24) is 0 Å². The van der Waals surface area contributed by atoms with Gasteiger partial charge >= 0.3 is 11.9 Å². The number of rotatable bonds is 4. The van der Waals surface area contributed by atoms with Crippen LogP contribution in [0.1, 0.15) is 23.5 Å². The Balaban J connectivity index is 2.20. The number of carbonyl (C=O) groups is 2. The molecule has 0 fully saturated rings. The van der Waals surface area contributed by atoms with Gasteiger partial charge in [0.05, 0.1) is 12.3 Å². The molecule has 3 N–H and O–H groups in total. The number of phenols is 1. The van der Waals surface area contributed by atoms with Crippen LogP contribution >= 0.6 is 0 Å². The molecule has 0 saturated heterocycles. The predicted molar refractivity (Wildman–Crippen MR) is 78.8 cm³/mol. The Labute approximate surface area is 126 Å². The number of hydrogen-bond donors (Lipinski definition) is 3. The van der Waals surface area contributed by atoms with Crippen LogP contribution in [-0.4, -0.2) is 27.3 Å². The zero-order chi connectivity index (χ0) is 15.9. The Morgan fingerprint density at radius 2 is 1.68 bits per heavy atom. The molecular formula is C17H14O5. The Hall–Kier alpha value is -2.82. The highest BCUT2D eigenvalue weighted by Crippen LogP contribution is 2.49. The molecule has 2 aromatic rings. The van der Waals surface area contributed by atoms with Gasteiger partial charge in [0.15, 0.2) is 0 Å². The molecule has 5 heteroatoms. The Bertz CT molecular complexity index is 765. The fraction of sp³-hybridized carbons (Fsp3) is 0.176. The molecule has 0 bridgehead atoms. The first kappa shape index (κ1) is 14.1. The first-order valence-electron chi connectivity index (χ1n) is 6.86. The Kier molecular flexibility index (Phi) is 3.33. The summed E-state index contributed by atoms with van der Waals surface area (Å²) in [6.07, 6.45) is -0.469. The van der Waals surface area contributed by atoms with Crippen molar-refractivity contribution in [3.63, 3.8) is 0 Å². The first-order valence-corrected chi connectivity index (χ1v) is 6.86. The van der Waals surface area contributed by atoms with Crippen molar-refractivity contribution in [2.45, 2.75) is 12.3 Å². The Morgan fingerprint density at radius 1 is 1.00 bits per heavy atom. The summed E-state index contributed by atoms with van der Waals surface area (Å²) in [6, 6.07) is 12.2. The highest BCUT2D eigenvalue weighted by Gasteiger charge is 2.39. The molecule has 2 unspecified atom stereocenters. The SMILES string of the molecule is O=C(O)CC(C(=O)O)C1c2ccccc2-c2ccc(O)cc21. The number of carboxylic acids is 2. The van der Waals surface area contributed by atoms with Crippen LogP contribution in [0.5, 0.6) is 5.75 Å². The predicted octanol–water partition coefficient (Wildman–Crippen LogP) is 2.68. The van der Waals surface area contributed by atoms with Gasteiger partial charge in [0.25, 0.3) is 0 Å². The lowest BCUT2D eigenvalue weighted by molar-refractivity contribution is -0.148. The third-order valence-electron chi connectivity index (χ3n) is 4.07. The molecule has 0 radical (unpaired) electrons. The average Bonchev–Trinajstić information content (AvgIpc) is 2.77. The van der Waals surface area contributed by atoms with E-state index in [0.29, 0.717) is 5.56 Å². The minimum atomic E-state index is -1.15. The molecule has 3 rings (SSSR count). The van der Waals surface area contributed by atoms with E-state index in [1.165, 1.54) is 6.07 Å². The summed E-state index contributed by atoms with van der Waals surface area (Å²) >= 11 is 0. The summed E-state index contributed by atoms with van der Waals surface area (Å²) in [5.41, 5.74) is 3.18. The lowest BCUT2D eigenvalue weighted by Crippen LogP contribution is -2.24. The molecule has 2 aromatic carbocycles. The summed E-state index contributed by atoms with van der Waals surface area (Å²) in [6.45, 7) is 0. The maximum absolute atomic E-state index is 11.6. The lowest BCUT2D eigenvalue weighted by atomic mass is 9.82. The van der Waals surface area contributed by atoms with Crippen LogP contribution < -0.4 is 0 Å². The van der Waals surface area contributed by atoms with E-state index < -0.39 is 30.2 Å². The third-order valence-corrected chi connectivity index (χ3v) is 4.07. The zero-order valence-corrected chi connectivity index (χ0v) is 11.6. The van der Waals surface area contributed by atoms with Gasteiger partial charge < -0.3 is 15.3 Å². The van der Waals surface area contributed by atoms with Crippen molar-refractivity contribution in [2.24, 2.45) is 5.92 Å². The van der Waals surface area contributed by atoms with E-state index in [2.05, 4.69) is 0 Å². The van der Waals surface area contributed by atoms with Crippen molar-refractivity contribution < 1.29 is 24.9 Å².